The maximum atomic E-state index is 12.5. The van der Waals surface area contributed by atoms with E-state index in [0.29, 0.717) is 12.2 Å². The molecule has 0 saturated carbocycles. The Balaban J connectivity index is 2.91. The molecule has 0 saturated heterocycles. The van der Waals surface area contributed by atoms with Crippen molar-refractivity contribution in [2.75, 3.05) is 11.9 Å². The molecule has 0 aromatic heterocycles. The van der Waals surface area contributed by atoms with Crippen molar-refractivity contribution in [3.8, 4) is 0 Å². The second-order valence-corrected chi connectivity index (χ2v) is 5.58. The molecule has 0 unspecified atom stereocenters. The summed E-state index contributed by atoms with van der Waals surface area (Å²) < 4.78 is 37.6. The van der Waals surface area contributed by atoms with E-state index in [-0.39, 0.29) is 10.4 Å². The molecule has 5 heteroatoms. The first-order valence-corrected chi connectivity index (χ1v) is 5.57. The van der Waals surface area contributed by atoms with Crippen molar-refractivity contribution in [2.45, 2.75) is 26.9 Å². The summed E-state index contributed by atoms with van der Waals surface area (Å²) in [5.74, 6) is 0. The summed E-state index contributed by atoms with van der Waals surface area (Å²) in [7, 11) is 0. The summed E-state index contributed by atoms with van der Waals surface area (Å²) in [4.78, 5) is 0. The molecule has 0 radical (unpaired) electrons. The third-order valence-electron chi connectivity index (χ3n) is 2.05. The first-order valence-electron chi connectivity index (χ1n) is 5.20. The standard InChI is InChI=1S/C12H15ClF3N/c1-11(2,3)7-17-10-5-8(12(14,15)16)4-9(13)6-10/h4-6,17H,7H2,1-3H3. The third kappa shape index (κ3) is 4.86. The summed E-state index contributed by atoms with van der Waals surface area (Å²) in [6.45, 7) is 6.56. The summed E-state index contributed by atoms with van der Waals surface area (Å²) in [5, 5.41) is 3.03. The number of hydrogen-bond donors (Lipinski definition) is 1. The molecule has 0 spiro atoms. The minimum atomic E-state index is -4.37. The lowest BCUT2D eigenvalue weighted by Crippen LogP contribution is -2.19. The van der Waals surface area contributed by atoms with Crippen molar-refractivity contribution >= 4 is 17.3 Å². The van der Waals surface area contributed by atoms with Gasteiger partial charge in [0.1, 0.15) is 0 Å². The Hall–Kier alpha value is -0.900. The lowest BCUT2D eigenvalue weighted by atomic mass is 9.97. The van der Waals surface area contributed by atoms with Gasteiger partial charge in [0.2, 0.25) is 0 Å². The molecule has 1 rings (SSSR count). The number of nitrogens with one attached hydrogen (secondary N) is 1. The zero-order valence-electron chi connectivity index (χ0n) is 9.95. The van der Waals surface area contributed by atoms with Gasteiger partial charge in [0, 0.05) is 17.3 Å². The smallest absolute Gasteiger partial charge is 0.384 e. The molecule has 0 aliphatic carbocycles. The fourth-order valence-corrected chi connectivity index (χ4v) is 1.46. The molecule has 0 heterocycles. The van der Waals surface area contributed by atoms with E-state index in [9.17, 15) is 13.2 Å². The van der Waals surface area contributed by atoms with Gasteiger partial charge in [-0.2, -0.15) is 13.2 Å². The first kappa shape index (κ1) is 14.2. The number of anilines is 1. The molecular weight excluding hydrogens is 251 g/mol. The van der Waals surface area contributed by atoms with Gasteiger partial charge >= 0.3 is 6.18 Å². The topological polar surface area (TPSA) is 12.0 Å². The maximum absolute atomic E-state index is 12.5. The van der Waals surface area contributed by atoms with Crippen molar-refractivity contribution in [1.29, 1.82) is 0 Å². The molecule has 0 fully saturated rings. The summed E-state index contributed by atoms with van der Waals surface area (Å²) in [6, 6.07) is 3.48. The Kier molecular flexibility index (Phi) is 3.97. The molecule has 1 aromatic carbocycles. The predicted octanol–water partition coefficient (Wildman–Crippen LogP) is 4.82. The summed E-state index contributed by atoms with van der Waals surface area (Å²) >= 11 is 5.67. The highest BCUT2D eigenvalue weighted by Crippen LogP contribution is 2.33. The van der Waals surface area contributed by atoms with Gasteiger partial charge in [-0.05, 0) is 23.6 Å². The molecule has 0 atom stereocenters. The number of hydrogen-bond acceptors (Lipinski definition) is 1. The van der Waals surface area contributed by atoms with Crippen molar-refractivity contribution in [3.63, 3.8) is 0 Å². The monoisotopic (exact) mass is 265 g/mol. The molecule has 1 aromatic rings. The average molecular weight is 266 g/mol. The first-order chi connectivity index (χ1) is 7.58. The molecule has 0 aliphatic heterocycles. The normalized spacial score (nSPS) is 12.6. The van der Waals surface area contributed by atoms with E-state index in [1.54, 1.807) is 0 Å². The summed E-state index contributed by atoms with van der Waals surface area (Å²) in [6.07, 6.45) is -4.37. The number of rotatable bonds is 2. The van der Waals surface area contributed by atoms with Crippen molar-refractivity contribution in [1.82, 2.24) is 0 Å². The van der Waals surface area contributed by atoms with Crippen LogP contribution >= 0.6 is 11.6 Å². The fraction of sp³-hybridized carbons (Fsp3) is 0.500. The zero-order valence-corrected chi connectivity index (χ0v) is 10.7. The van der Waals surface area contributed by atoms with E-state index >= 15 is 0 Å². The SMILES string of the molecule is CC(C)(C)CNc1cc(Cl)cc(C(F)(F)F)c1. The Morgan fingerprint density at radius 2 is 1.71 bits per heavy atom. The van der Waals surface area contributed by atoms with Crippen LogP contribution in [0.25, 0.3) is 0 Å². The quantitative estimate of drug-likeness (QED) is 0.809. The lowest BCUT2D eigenvalue weighted by molar-refractivity contribution is -0.137. The molecule has 0 bridgehead atoms. The Labute approximate surface area is 104 Å². The lowest BCUT2D eigenvalue weighted by Gasteiger charge is -2.20. The Morgan fingerprint density at radius 3 is 2.18 bits per heavy atom. The van der Waals surface area contributed by atoms with Crippen molar-refractivity contribution < 1.29 is 13.2 Å². The molecule has 1 N–H and O–H groups in total. The minimum Gasteiger partial charge on any atom is -0.384 e. The fourth-order valence-electron chi connectivity index (χ4n) is 1.22. The van der Waals surface area contributed by atoms with Gasteiger partial charge < -0.3 is 5.32 Å². The van der Waals surface area contributed by atoms with E-state index in [4.69, 9.17) is 11.6 Å². The van der Waals surface area contributed by atoms with Crippen LogP contribution in [0.2, 0.25) is 5.02 Å². The van der Waals surface area contributed by atoms with E-state index in [0.717, 1.165) is 12.1 Å². The van der Waals surface area contributed by atoms with Crippen LogP contribution in [-0.4, -0.2) is 6.54 Å². The molecule has 0 amide bonds. The van der Waals surface area contributed by atoms with Crippen molar-refractivity contribution in [3.05, 3.63) is 28.8 Å². The molecule has 0 aliphatic rings. The van der Waals surface area contributed by atoms with Crippen LogP contribution in [-0.2, 0) is 6.18 Å². The van der Waals surface area contributed by atoms with E-state index in [1.807, 2.05) is 20.8 Å². The predicted molar refractivity (Wildman–Crippen MR) is 64.4 cm³/mol. The van der Waals surface area contributed by atoms with Gasteiger partial charge in [-0.3, -0.25) is 0 Å². The van der Waals surface area contributed by atoms with Crippen LogP contribution in [0.4, 0.5) is 18.9 Å². The van der Waals surface area contributed by atoms with E-state index in [1.165, 1.54) is 6.07 Å². The Bertz CT molecular complexity index is 394. The van der Waals surface area contributed by atoms with Gasteiger partial charge in [-0.15, -0.1) is 0 Å². The highest BCUT2D eigenvalue weighted by molar-refractivity contribution is 6.30. The molecule has 1 nitrogen and oxygen atoms in total. The van der Waals surface area contributed by atoms with Gasteiger partial charge in [0.15, 0.2) is 0 Å². The Morgan fingerprint density at radius 1 is 1.12 bits per heavy atom. The number of halogens is 4. The number of alkyl halides is 3. The average Bonchev–Trinajstić information content (AvgIpc) is 2.11. The summed E-state index contributed by atoms with van der Waals surface area (Å²) in [5.41, 5.74) is -0.359. The van der Waals surface area contributed by atoms with Crippen LogP contribution in [0.5, 0.6) is 0 Å². The maximum Gasteiger partial charge on any atom is 0.416 e. The van der Waals surface area contributed by atoms with E-state index in [2.05, 4.69) is 5.32 Å². The van der Waals surface area contributed by atoms with Crippen LogP contribution in [0.3, 0.4) is 0 Å². The molecule has 17 heavy (non-hydrogen) atoms. The van der Waals surface area contributed by atoms with Gasteiger partial charge in [0.25, 0.3) is 0 Å². The van der Waals surface area contributed by atoms with Gasteiger partial charge in [-0.1, -0.05) is 32.4 Å². The van der Waals surface area contributed by atoms with Crippen LogP contribution in [0, 0.1) is 5.41 Å². The van der Waals surface area contributed by atoms with E-state index < -0.39 is 11.7 Å². The second-order valence-electron chi connectivity index (χ2n) is 5.14. The largest absolute Gasteiger partial charge is 0.416 e. The number of benzene rings is 1. The highest BCUT2D eigenvalue weighted by Gasteiger charge is 2.31. The van der Waals surface area contributed by atoms with Gasteiger partial charge in [0.05, 0.1) is 5.56 Å². The molecular formula is C12H15ClF3N. The molecule has 96 valence electrons. The van der Waals surface area contributed by atoms with Crippen LogP contribution < -0.4 is 5.32 Å². The second kappa shape index (κ2) is 4.77. The third-order valence-corrected chi connectivity index (χ3v) is 2.27. The highest BCUT2D eigenvalue weighted by atomic mass is 35.5. The zero-order chi connectivity index (χ0) is 13.3. The van der Waals surface area contributed by atoms with Crippen LogP contribution in [0.15, 0.2) is 18.2 Å². The van der Waals surface area contributed by atoms with Gasteiger partial charge in [-0.25, -0.2) is 0 Å². The minimum absolute atomic E-state index is 0.0132. The van der Waals surface area contributed by atoms with Crippen molar-refractivity contribution in [2.24, 2.45) is 5.41 Å². The van der Waals surface area contributed by atoms with Crippen LogP contribution in [0.1, 0.15) is 26.3 Å².